The molecular weight excluding hydrogens is 212 g/mol. The van der Waals surface area contributed by atoms with E-state index >= 15 is 0 Å². The fourth-order valence-electron chi connectivity index (χ4n) is 2.30. The van der Waals surface area contributed by atoms with Gasteiger partial charge in [0.05, 0.1) is 0 Å². The fourth-order valence-corrected chi connectivity index (χ4v) is 2.30. The molecule has 1 aromatic carbocycles. The molecule has 0 saturated heterocycles. The lowest BCUT2D eigenvalue weighted by Crippen LogP contribution is -2.43. The molecule has 0 aliphatic heterocycles. The van der Waals surface area contributed by atoms with E-state index in [0.717, 1.165) is 19.0 Å². The van der Waals surface area contributed by atoms with Crippen LogP contribution in [0.5, 0.6) is 0 Å². The molecule has 0 aromatic heterocycles. The highest BCUT2D eigenvalue weighted by atomic mass is 16.1. The molecular formula is C14H20N2O. The summed E-state index contributed by atoms with van der Waals surface area (Å²) in [6, 6.07) is 11.3. The predicted octanol–water partition coefficient (Wildman–Crippen LogP) is 1.66. The Hall–Kier alpha value is -1.35. The Labute approximate surface area is 103 Å². The van der Waals surface area contributed by atoms with Gasteiger partial charge in [0.25, 0.3) is 0 Å². The largest absolute Gasteiger partial charge is 0.355 e. The molecule has 0 unspecified atom stereocenters. The van der Waals surface area contributed by atoms with Gasteiger partial charge in [-0.3, -0.25) is 4.79 Å². The van der Waals surface area contributed by atoms with E-state index < -0.39 is 0 Å². The van der Waals surface area contributed by atoms with Crippen molar-refractivity contribution >= 4 is 5.91 Å². The third-order valence-corrected chi connectivity index (χ3v) is 3.34. The quantitative estimate of drug-likeness (QED) is 0.758. The van der Waals surface area contributed by atoms with Crippen molar-refractivity contribution in [3.05, 3.63) is 35.9 Å². The summed E-state index contributed by atoms with van der Waals surface area (Å²) in [5.74, 6) is 0.761. The molecule has 1 aliphatic carbocycles. The van der Waals surface area contributed by atoms with Crippen molar-refractivity contribution in [1.29, 1.82) is 0 Å². The minimum Gasteiger partial charge on any atom is -0.355 e. The Kier molecular flexibility index (Phi) is 4.15. The van der Waals surface area contributed by atoms with E-state index in [-0.39, 0.29) is 5.91 Å². The monoisotopic (exact) mass is 232 g/mol. The first kappa shape index (κ1) is 12.1. The summed E-state index contributed by atoms with van der Waals surface area (Å²) in [6.07, 6.45) is 2.42. The van der Waals surface area contributed by atoms with Crippen LogP contribution in [0.2, 0.25) is 0 Å². The maximum Gasteiger partial charge on any atom is 0.216 e. The Morgan fingerprint density at radius 3 is 2.59 bits per heavy atom. The summed E-state index contributed by atoms with van der Waals surface area (Å²) in [5.41, 5.74) is 1.45. The first-order chi connectivity index (χ1) is 8.25. The first-order valence-electron chi connectivity index (χ1n) is 6.28. The highest BCUT2D eigenvalue weighted by Gasteiger charge is 2.29. The molecule has 3 nitrogen and oxygen atoms in total. The first-order valence-corrected chi connectivity index (χ1v) is 6.28. The van der Waals surface area contributed by atoms with Gasteiger partial charge >= 0.3 is 0 Å². The Bertz CT molecular complexity index is 358. The van der Waals surface area contributed by atoms with Crippen LogP contribution in [0.15, 0.2) is 30.3 Å². The average molecular weight is 232 g/mol. The number of carbonyl (C=O) groups excluding carboxylic acids is 1. The van der Waals surface area contributed by atoms with Gasteiger partial charge in [0.2, 0.25) is 5.91 Å². The minimum absolute atomic E-state index is 0.0440. The van der Waals surface area contributed by atoms with Crippen molar-refractivity contribution in [2.45, 2.75) is 31.7 Å². The summed E-state index contributed by atoms with van der Waals surface area (Å²) in [6.45, 7) is 3.14. The second-order valence-corrected chi connectivity index (χ2v) is 4.71. The van der Waals surface area contributed by atoms with Crippen LogP contribution in [0.4, 0.5) is 0 Å². The van der Waals surface area contributed by atoms with Crippen molar-refractivity contribution in [1.82, 2.24) is 10.6 Å². The van der Waals surface area contributed by atoms with Gasteiger partial charge in [0.15, 0.2) is 0 Å². The number of hydrogen-bond donors (Lipinski definition) is 2. The van der Waals surface area contributed by atoms with Crippen molar-refractivity contribution in [3.63, 3.8) is 0 Å². The molecule has 2 rings (SSSR count). The Balaban J connectivity index is 1.61. The third-order valence-electron chi connectivity index (χ3n) is 3.34. The molecule has 1 saturated carbocycles. The molecule has 1 aromatic rings. The lowest BCUT2D eigenvalue weighted by molar-refractivity contribution is -0.118. The standard InChI is InChI=1S/C14H20N2O/c1-11(17)15-7-8-16-14-9-13(10-14)12-5-3-2-4-6-12/h2-6,13-14,16H,7-10H2,1H3,(H,15,17). The Morgan fingerprint density at radius 1 is 1.24 bits per heavy atom. The second kappa shape index (κ2) is 5.82. The van der Waals surface area contributed by atoms with E-state index in [1.807, 2.05) is 0 Å². The number of rotatable bonds is 5. The van der Waals surface area contributed by atoms with E-state index in [1.165, 1.54) is 18.4 Å². The third kappa shape index (κ3) is 3.56. The summed E-state index contributed by atoms with van der Waals surface area (Å²) >= 11 is 0. The van der Waals surface area contributed by atoms with Gasteiger partial charge in [-0.05, 0) is 24.3 Å². The fraction of sp³-hybridized carbons (Fsp3) is 0.500. The Morgan fingerprint density at radius 2 is 1.94 bits per heavy atom. The average Bonchev–Trinajstić information content (AvgIpc) is 2.27. The van der Waals surface area contributed by atoms with Crippen LogP contribution < -0.4 is 10.6 Å². The molecule has 0 bridgehead atoms. The predicted molar refractivity (Wildman–Crippen MR) is 68.9 cm³/mol. The van der Waals surface area contributed by atoms with Crippen molar-refractivity contribution in [2.24, 2.45) is 0 Å². The minimum atomic E-state index is 0.0440. The van der Waals surface area contributed by atoms with Gasteiger partial charge < -0.3 is 10.6 Å². The molecule has 0 atom stereocenters. The van der Waals surface area contributed by atoms with Gasteiger partial charge in [-0.15, -0.1) is 0 Å². The normalized spacial score (nSPS) is 22.9. The van der Waals surface area contributed by atoms with Crippen LogP contribution in [0.3, 0.4) is 0 Å². The van der Waals surface area contributed by atoms with Gasteiger partial charge in [-0.25, -0.2) is 0 Å². The van der Waals surface area contributed by atoms with E-state index in [9.17, 15) is 4.79 Å². The number of carbonyl (C=O) groups is 1. The zero-order valence-electron chi connectivity index (χ0n) is 10.3. The van der Waals surface area contributed by atoms with E-state index in [0.29, 0.717) is 6.04 Å². The summed E-state index contributed by atoms with van der Waals surface area (Å²) < 4.78 is 0. The van der Waals surface area contributed by atoms with Crippen LogP contribution in [-0.4, -0.2) is 25.0 Å². The smallest absolute Gasteiger partial charge is 0.216 e. The zero-order valence-corrected chi connectivity index (χ0v) is 10.3. The van der Waals surface area contributed by atoms with Crippen molar-refractivity contribution < 1.29 is 4.79 Å². The molecule has 0 spiro atoms. The lowest BCUT2D eigenvalue weighted by Gasteiger charge is -2.36. The van der Waals surface area contributed by atoms with Gasteiger partial charge in [-0.2, -0.15) is 0 Å². The van der Waals surface area contributed by atoms with E-state index in [2.05, 4.69) is 41.0 Å². The molecule has 2 N–H and O–H groups in total. The summed E-state index contributed by atoms with van der Waals surface area (Å²) in [5, 5.41) is 6.25. The summed E-state index contributed by atoms with van der Waals surface area (Å²) in [7, 11) is 0. The van der Waals surface area contributed by atoms with E-state index in [1.54, 1.807) is 6.92 Å². The zero-order chi connectivity index (χ0) is 12.1. The van der Waals surface area contributed by atoms with Crippen molar-refractivity contribution in [3.8, 4) is 0 Å². The van der Waals surface area contributed by atoms with Crippen LogP contribution in [0.25, 0.3) is 0 Å². The molecule has 0 heterocycles. The lowest BCUT2D eigenvalue weighted by atomic mass is 9.76. The number of nitrogens with one attached hydrogen (secondary N) is 2. The number of benzene rings is 1. The molecule has 92 valence electrons. The molecule has 1 amide bonds. The van der Waals surface area contributed by atoms with Gasteiger partial charge in [0.1, 0.15) is 0 Å². The maximum atomic E-state index is 10.7. The molecule has 1 aliphatic rings. The van der Waals surface area contributed by atoms with Crippen LogP contribution >= 0.6 is 0 Å². The van der Waals surface area contributed by atoms with Crippen molar-refractivity contribution in [2.75, 3.05) is 13.1 Å². The number of amides is 1. The molecule has 0 radical (unpaired) electrons. The van der Waals surface area contributed by atoms with Crippen LogP contribution in [-0.2, 0) is 4.79 Å². The SMILES string of the molecule is CC(=O)NCCNC1CC(c2ccccc2)C1. The highest BCUT2D eigenvalue weighted by molar-refractivity contribution is 5.72. The second-order valence-electron chi connectivity index (χ2n) is 4.71. The topological polar surface area (TPSA) is 41.1 Å². The van der Waals surface area contributed by atoms with Crippen LogP contribution in [0, 0.1) is 0 Å². The van der Waals surface area contributed by atoms with Gasteiger partial charge in [-0.1, -0.05) is 30.3 Å². The maximum absolute atomic E-state index is 10.7. The highest BCUT2D eigenvalue weighted by Crippen LogP contribution is 2.36. The molecule has 1 fully saturated rings. The summed E-state index contributed by atoms with van der Waals surface area (Å²) in [4.78, 5) is 10.7. The number of hydrogen-bond acceptors (Lipinski definition) is 2. The van der Waals surface area contributed by atoms with Gasteiger partial charge in [0, 0.05) is 26.1 Å². The molecule has 17 heavy (non-hydrogen) atoms. The molecule has 3 heteroatoms. The van der Waals surface area contributed by atoms with Crippen LogP contribution in [0.1, 0.15) is 31.2 Å². The van der Waals surface area contributed by atoms with E-state index in [4.69, 9.17) is 0 Å².